The van der Waals surface area contributed by atoms with Crippen molar-refractivity contribution in [2.75, 3.05) is 0 Å². The Balaban J connectivity index is 2.13. The number of halogens is 2. The predicted octanol–water partition coefficient (Wildman–Crippen LogP) is 4.48. The van der Waals surface area contributed by atoms with Crippen LogP contribution in [0.2, 0.25) is 5.02 Å². The maximum absolute atomic E-state index is 13.1. The fraction of sp³-hybridized carbons (Fsp3) is 0.400. The molecule has 0 saturated carbocycles. The zero-order valence-corrected chi connectivity index (χ0v) is 13.4. The molecular weight excluding hydrogens is 295 g/mol. The van der Waals surface area contributed by atoms with Crippen LogP contribution in [-0.4, -0.2) is 4.98 Å². The van der Waals surface area contributed by atoms with Crippen molar-refractivity contribution >= 4 is 22.9 Å². The highest BCUT2D eigenvalue weighted by Gasteiger charge is 2.18. The van der Waals surface area contributed by atoms with E-state index in [1.54, 1.807) is 23.5 Å². The Morgan fingerprint density at radius 2 is 2.10 bits per heavy atom. The van der Waals surface area contributed by atoms with Gasteiger partial charge in [-0.25, -0.2) is 9.37 Å². The summed E-state index contributed by atoms with van der Waals surface area (Å²) in [6.45, 7) is 6.39. The summed E-state index contributed by atoms with van der Waals surface area (Å²) in [5, 5.41) is 3.16. The molecule has 0 aliphatic carbocycles. The number of aromatic nitrogens is 1. The van der Waals surface area contributed by atoms with Crippen LogP contribution < -0.4 is 5.73 Å². The summed E-state index contributed by atoms with van der Waals surface area (Å²) in [5.74, 6) is -0.424. The Hall–Kier alpha value is -0.970. The Labute approximate surface area is 127 Å². The van der Waals surface area contributed by atoms with Crippen molar-refractivity contribution in [3.8, 4) is 0 Å². The molecular formula is C15H18ClFN2S. The van der Waals surface area contributed by atoms with E-state index < -0.39 is 5.82 Å². The smallest absolute Gasteiger partial charge is 0.141 e. The number of hydrogen-bond acceptors (Lipinski definition) is 3. The maximum Gasteiger partial charge on any atom is 0.141 e. The quantitative estimate of drug-likeness (QED) is 0.907. The lowest BCUT2D eigenvalue weighted by Gasteiger charge is -2.14. The van der Waals surface area contributed by atoms with Gasteiger partial charge in [0.15, 0.2) is 0 Å². The van der Waals surface area contributed by atoms with E-state index in [2.05, 4.69) is 31.1 Å². The van der Waals surface area contributed by atoms with Gasteiger partial charge in [-0.1, -0.05) is 38.4 Å². The molecule has 1 unspecified atom stereocenters. The van der Waals surface area contributed by atoms with Crippen LogP contribution in [0.15, 0.2) is 23.6 Å². The van der Waals surface area contributed by atoms with Crippen molar-refractivity contribution in [3.05, 3.63) is 50.7 Å². The summed E-state index contributed by atoms with van der Waals surface area (Å²) < 4.78 is 13.1. The Morgan fingerprint density at radius 1 is 1.40 bits per heavy atom. The molecule has 0 bridgehead atoms. The molecule has 2 N–H and O–H groups in total. The predicted molar refractivity (Wildman–Crippen MR) is 82.9 cm³/mol. The van der Waals surface area contributed by atoms with Crippen LogP contribution in [0.25, 0.3) is 0 Å². The molecule has 2 aromatic rings. The van der Waals surface area contributed by atoms with Crippen LogP contribution in [0.3, 0.4) is 0 Å². The fourth-order valence-corrected chi connectivity index (χ4v) is 3.07. The fourth-order valence-electron chi connectivity index (χ4n) is 1.80. The molecule has 0 radical (unpaired) electrons. The van der Waals surface area contributed by atoms with Crippen molar-refractivity contribution in [2.24, 2.45) is 5.73 Å². The second-order valence-corrected chi connectivity index (χ2v) is 7.21. The van der Waals surface area contributed by atoms with Crippen molar-refractivity contribution in [2.45, 2.75) is 38.6 Å². The average Bonchev–Trinajstić information content (AvgIpc) is 2.81. The molecule has 0 saturated heterocycles. The first-order chi connectivity index (χ1) is 9.27. The minimum absolute atomic E-state index is 0.0397. The summed E-state index contributed by atoms with van der Waals surface area (Å²) >= 11 is 7.39. The van der Waals surface area contributed by atoms with Gasteiger partial charge >= 0.3 is 0 Å². The number of nitrogens with two attached hydrogens (primary N) is 1. The Kier molecular flexibility index (Phi) is 4.47. The second-order valence-electron chi connectivity index (χ2n) is 5.86. The topological polar surface area (TPSA) is 38.9 Å². The summed E-state index contributed by atoms with van der Waals surface area (Å²) in [5.41, 5.74) is 8.08. The van der Waals surface area contributed by atoms with Crippen LogP contribution in [-0.2, 0) is 11.8 Å². The van der Waals surface area contributed by atoms with Crippen molar-refractivity contribution < 1.29 is 4.39 Å². The van der Waals surface area contributed by atoms with E-state index in [1.807, 2.05) is 0 Å². The van der Waals surface area contributed by atoms with Gasteiger partial charge in [-0.15, -0.1) is 11.3 Å². The first-order valence-corrected chi connectivity index (χ1v) is 7.68. The molecule has 108 valence electrons. The summed E-state index contributed by atoms with van der Waals surface area (Å²) in [7, 11) is 0. The summed E-state index contributed by atoms with van der Waals surface area (Å²) in [6, 6.07) is 4.37. The molecule has 1 heterocycles. The Bertz CT molecular complexity index is 604. The van der Waals surface area contributed by atoms with Crippen LogP contribution in [0.1, 0.15) is 43.1 Å². The first kappa shape index (κ1) is 15.4. The highest BCUT2D eigenvalue weighted by molar-refractivity contribution is 7.09. The minimum Gasteiger partial charge on any atom is -0.324 e. The zero-order valence-electron chi connectivity index (χ0n) is 11.8. The van der Waals surface area contributed by atoms with Gasteiger partial charge in [0.1, 0.15) is 5.82 Å². The largest absolute Gasteiger partial charge is 0.324 e. The molecule has 20 heavy (non-hydrogen) atoms. The van der Waals surface area contributed by atoms with Gasteiger partial charge < -0.3 is 5.73 Å². The third-order valence-electron chi connectivity index (χ3n) is 3.09. The molecule has 1 aromatic carbocycles. The summed E-state index contributed by atoms with van der Waals surface area (Å²) in [6.07, 6.45) is 0.628. The lowest BCUT2D eigenvalue weighted by atomic mass is 9.93. The van der Waals surface area contributed by atoms with Gasteiger partial charge in [-0.05, 0) is 17.7 Å². The van der Waals surface area contributed by atoms with Gasteiger partial charge in [0.2, 0.25) is 0 Å². The monoisotopic (exact) mass is 312 g/mol. The molecule has 2 nitrogen and oxygen atoms in total. The van der Waals surface area contributed by atoms with Gasteiger partial charge in [0.05, 0.1) is 15.7 Å². The molecule has 0 aliphatic rings. The van der Waals surface area contributed by atoms with E-state index in [0.717, 1.165) is 16.3 Å². The average molecular weight is 313 g/mol. The third kappa shape index (κ3) is 3.57. The Morgan fingerprint density at radius 3 is 2.65 bits per heavy atom. The normalized spacial score (nSPS) is 13.5. The highest BCUT2D eigenvalue weighted by atomic mass is 35.5. The van der Waals surface area contributed by atoms with Gasteiger partial charge in [-0.3, -0.25) is 0 Å². The number of rotatable bonds is 3. The standard InChI is InChI=1S/C15H18ClFN2S/c1-15(2,3)13-8-20-14(19-13)7-12(18)9-4-5-11(17)10(16)6-9/h4-6,8,12H,7,18H2,1-3H3. The number of thiazole rings is 1. The van der Waals surface area contributed by atoms with E-state index in [9.17, 15) is 4.39 Å². The molecule has 0 spiro atoms. The molecule has 2 rings (SSSR count). The molecule has 0 amide bonds. The van der Waals surface area contributed by atoms with Crippen LogP contribution in [0.4, 0.5) is 4.39 Å². The van der Waals surface area contributed by atoms with Gasteiger partial charge in [-0.2, -0.15) is 0 Å². The van der Waals surface area contributed by atoms with E-state index in [1.165, 1.54) is 6.07 Å². The van der Waals surface area contributed by atoms with E-state index >= 15 is 0 Å². The third-order valence-corrected chi connectivity index (χ3v) is 4.25. The SMILES string of the molecule is CC(C)(C)c1csc(CC(N)c2ccc(F)c(Cl)c2)n1. The first-order valence-electron chi connectivity index (χ1n) is 6.43. The van der Waals surface area contributed by atoms with Gasteiger partial charge in [0.25, 0.3) is 0 Å². The van der Waals surface area contributed by atoms with Crippen LogP contribution >= 0.6 is 22.9 Å². The molecule has 5 heteroatoms. The molecule has 0 fully saturated rings. The number of nitrogens with zero attached hydrogens (tertiary/aromatic N) is 1. The maximum atomic E-state index is 13.1. The minimum atomic E-state index is -0.424. The number of benzene rings is 1. The van der Waals surface area contributed by atoms with Crippen LogP contribution in [0, 0.1) is 5.82 Å². The zero-order chi connectivity index (χ0) is 14.9. The van der Waals surface area contributed by atoms with Crippen molar-refractivity contribution in [1.29, 1.82) is 0 Å². The van der Waals surface area contributed by atoms with Crippen molar-refractivity contribution in [3.63, 3.8) is 0 Å². The molecule has 1 atom stereocenters. The van der Waals surface area contributed by atoms with Crippen LogP contribution in [0.5, 0.6) is 0 Å². The molecule has 1 aromatic heterocycles. The van der Waals surface area contributed by atoms with E-state index in [4.69, 9.17) is 17.3 Å². The lowest BCUT2D eigenvalue weighted by molar-refractivity contribution is 0.569. The van der Waals surface area contributed by atoms with E-state index in [0.29, 0.717) is 6.42 Å². The molecule has 0 aliphatic heterocycles. The van der Waals surface area contributed by atoms with E-state index in [-0.39, 0.29) is 16.5 Å². The lowest BCUT2D eigenvalue weighted by Crippen LogP contribution is -2.15. The summed E-state index contributed by atoms with van der Waals surface area (Å²) in [4.78, 5) is 4.62. The number of hydrogen-bond donors (Lipinski definition) is 1. The van der Waals surface area contributed by atoms with Crippen molar-refractivity contribution in [1.82, 2.24) is 4.98 Å². The highest BCUT2D eigenvalue weighted by Crippen LogP contribution is 2.27. The van der Waals surface area contributed by atoms with Gasteiger partial charge in [0, 0.05) is 23.3 Å². The second kappa shape index (κ2) is 5.80.